The maximum Gasteiger partial charge on any atom is 0.323 e. The number of carbonyl (C=O) groups excluding carboxylic acids is 1. The average Bonchev–Trinajstić information content (AvgIpc) is 2.72. The van der Waals surface area contributed by atoms with Crippen molar-refractivity contribution < 1.29 is 9.53 Å². The SMILES string of the molecule is COC(=O)[C@H]1Cc2[nH]cnc2C(C(C)(C)C)N1. The van der Waals surface area contributed by atoms with Gasteiger partial charge in [0.15, 0.2) is 0 Å². The van der Waals surface area contributed by atoms with Gasteiger partial charge in [0.05, 0.1) is 25.2 Å². The van der Waals surface area contributed by atoms with E-state index in [-0.39, 0.29) is 23.5 Å². The number of esters is 1. The van der Waals surface area contributed by atoms with Gasteiger partial charge in [0.2, 0.25) is 0 Å². The summed E-state index contributed by atoms with van der Waals surface area (Å²) in [7, 11) is 1.42. The molecule has 2 N–H and O–H groups in total. The number of hydrogen-bond acceptors (Lipinski definition) is 4. The summed E-state index contributed by atoms with van der Waals surface area (Å²) in [6.45, 7) is 6.38. The van der Waals surface area contributed by atoms with Crippen LogP contribution in [0.25, 0.3) is 0 Å². The first kappa shape index (κ1) is 12.1. The van der Waals surface area contributed by atoms with Crippen LogP contribution in [0.2, 0.25) is 0 Å². The summed E-state index contributed by atoms with van der Waals surface area (Å²) >= 11 is 0. The first-order chi connectivity index (χ1) is 7.93. The minimum absolute atomic E-state index is 0.00334. The molecule has 0 fully saturated rings. The molecule has 0 amide bonds. The number of fused-ring (bicyclic) bond motifs is 1. The van der Waals surface area contributed by atoms with E-state index in [1.54, 1.807) is 6.33 Å². The molecule has 94 valence electrons. The minimum Gasteiger partial charge on any atom is -0.468 e. The maximum absolute atomic E-state index is 11.7. The highest BCUT2D eigenvalue weighted by molar-refractivity contribution is 5.76. The number of aromatic amines is 1. The number of ether oxygens (including phenoxy) is 1. The molecule has 0 spiro atoms. The molecule has 0 saturated heterocycles. The van der Waals surface area contributed by atoms with E-state index in [4.69, 9.17) is 4.74 Å². The Labute approximate surface area is 101 Å². The van der Waals surface area contributed by atoms with Gasteiger partial charge < -0.3 is 9.72 Å². The summed E-state index contributed by atoms with van der Waals surface area (Å²) in [5.74, 6) is -0.223. The van der Waals surface area contributed by atoms with Gasteiger partial charge in [-0.25, -0.2) is 4.98 Å². The molecule has 2 atom stereocenters. The van der Waals surface area contributed by atoms with Crippen LogP contribution in [0, 0.1) is 5.41 Å². The predicted molar refractivity (Wildman–Crippen MR) is 63.4 cm³/mol. The zero-order valence-electron chi connectivity index (χ0n) is 10.7. The standard InChI is InChI=1S/C12H19N3O2/c1-12(2,3)10-9-7(13-6-14-9)5-8(15-10)11(16)17-4/h6,8,10,15H,5H2,1-4H3,(H,13,14)/t8-,10?/m1/s1. The molecular formula is C12H19N3O2. The highest BCUT2D eigenvalue weighted by atomic mass is 16.5. The van der Waals surface area contributed by atoms with Gasteiger partial charge in [-0.3, -0.25) is 10.1 Å². The lowest BCUT2D eigenvalue weighted by Gasteiger charge is -2.37. The van der Waals surface area contributed by atoms with Crippen LogP contribution in [-0.2, 0) is 16.0 Å². The molecule has 5 nitrogen and oxygen atoms in total. The van der Waals surface area contributed by atoms with E-state index in [2.05, 4.69) is 36.1 Å². The highest BCUT2D eigenvalue weighted by Crippen LogP contribution is 2.36. The van der Waals surface area contributed by atoms with Crippen LogP contribution >= 0.6 is 0 Å². The van der Waals surface area contributed by atoms with Crippen LogP contribution in [0.3, 0.4) is 0 Å². The molecule has 17 heavy (non-hydrogen) atoms. The predicted octanol–water partition coefficient (Wildman–Crippen LogP) is 1.18. The minimum atomic E-state index is -0.294. The molecule has 0 bridgehead atoms. The van der Waals surface area contributed by atoms with Crippen molar-refractivity contribution in [3.8, 4) is 0 Å². The Balaban J connectivity index is 2.32. The van der Waals surface area contributed by atoms with Crippen LogP contribution in [0.5, 0.6) is 0 Å². The van der Waals surface area contributed by atoms with Crippen LogP contribution in [0.15, 0.2) is 6.33 Å². The van der Waals surface area contributed by atoms with Crippen molar-refractivity contribution in [2.24, 2.45) is 5.41 Å². The Bertz CT molecular complexity index is 420. The van der Waals surface area contributed by atoms with E-state index in [1.807, 2.05) is 0 Å². The first-order valence-electron chi connectivity index (χ1n) is 5.79. The van der Waals surface area contributed by atoms with Gasteiger partial charge in [-0.05, 0) is 5.41 Å². The Morgan fingerprint density at radius 1 is 1.53 bits per heavy atom. The fourth-order valence-electron chi connectivity index (χ4n) is 2.24. The molecule has 0 saturated carbocycles. The van der Waals surface area contributed by atoms with Crippen molar-refractivity contribution in [1.29, 1.82) is 0 Å². The lowest BCUT2D eigenvalue weighted by molar-refractivity contribution is -0.143. The molecule has 0 aromatic carbocycles. The van der Waals surface area contributed by atoms with Gasteiger partial charge in [0.25, 0.3) is 0 Å². The lowest BCUT2D eigenvalue weighted by atomic mass is 9.81. The maximum atomic E-state index is 11.7. The first-order valence-corrected chi connectivity index (χ1v) is 5.79. The fraction of sp³-hybridized carbons (Fsp3) is 0.667. The number of hydrogen-bond donors (Lipinski definition) is 2. The fourth-order valence-corrected chi connectivity index (χ4v) is 2.24. The summed E-state index contributed by atoms with van der Waals surface area (Å²) in [6, 6.07) is -0.237. The number of rotatable bonds is 1. The number of aromatic nitrogens is 2. The summed E-state index contributed by atoms with van der Waals surface area (Å²) in [5, 5.41) is 3.33. The molecule has 5 heteroatoms. The normalized spacial score (nSPS) is 24.2. The summed E-state index contributed by atoms with van der Waals surface area (Å²) in [5.41, 5.74) is 2.04. The smallest absolute Gasteiger partial charge is 0.323 e. The second-order valence-corrected chi connectivity index (χ2v) is 5.51. The molecule has 1 aliphatic rings. The molecule has 1 aromatic heterocycles. The van der Waals surface area contributed by atoms with E-state index >= 15 is 0 Å². The number of nitrogens with one attached hydrogen (secondary N) is 2. The second-order valence-electron chi connectivity index (χ2n) is 5.51. The van der Waals surface area contributed by atoms with Gasteiger partial charge >= 0.3 is 5.97 Å². The quantitative estimate of drug-likeness (QED) is 0.720. The largest absolute Gasteiger partial charge is 0.468 e. The van der Waals surface area contributed by atoms with Crippen LogP contribution < -0.4 is 5.32 Å². The van der Waals surface area contributed by atoms with Gasteiger partial charge in [0.1, 0.15) is 6.04 Å². The van der Waals surface area contributed by atoms with E-state index in [9.17, 15) is 4.79 Å². The molecule has 0 aliphatic carbocycles. The number of methoxy groups -OCH3 is 1. The average molecular weight is 237 g/mol. The number of H-pyrrole nitrogens is 1. The van der Waals surface area contributed by atoms with Crippen molar-refractivity contribution in [3.63, 3.8) is 0 Å². The molecule has 2 rings (SSSR count). The third kappa shape index (κ3) is 2.20. The molecule has 1 aliphatic heterocycles. The van der Waals surface area contributed by atoms with Crippen LogP contribution in [-0.4, -0.2) is 29.1 Å². The highest BCUT2D eigenvalue weighted by Gasteiger charge is 2.38. The van der Waals surface area contributed by atoms with Gasteiger partial charge in [-0.2, -0.15) is 0 Å². The Hall–Kier alpha value is -1.36. The monoisotopic (exact) mass is 237 g/mol. The van der Waals surface area contributed by atoms with Crippen molar-refractivity contribution in [3.05, 3.63) is 17.7 Å². The molecule has 1 unspecified atom stereocenters. The van der Waals surface area contributed by atoms with Crippen molar-refractivity contribution >= 4 is 5.97 Å². The number of imidazole rings is 1. The lowest BCUT2D eigenvalue weighted by Crippen LogP contribution is -2.49. The van der Waals surface area contributed by atoms with E-state index in [0.717, 1.165) is 11.4 Å². The van der Waals surface area contributed by atoms with Gasteiger partial charge in [-0.1, -0.05) is 20.8 Å². The Morgan fingerprint density at radius 2 is 2.24 bits per heavy atom. The molecule has 1 aromatic rings. The summed E-state index contributed by atoms with van der Waals surface area (Å²) in [4.78, 5) is 19.1. The van der Waals surface area contributed by atoms with Crippen molar-refractivity contribution in [2.45, 2.75) is 39.3 Å². The van der Waals surface area contributed by atoms with Gasteiger partial charge in [-0.15, -0.1) is 0 Å². The third-order valence-corrected chi connectivity index (χ3v) is 3.15. The second kappa shape index (κ2) is 4.14. The zero-order valence-corrected chi connectivity index (χ0v) is 10.7. The summed E-state index contributed by atoms with van der Waals surface area (Å²) < 4.78 is 4.81. The van der Waals surface area contributed by atoms with Crippen molar-refractivity contribution in [2.75, 3.05) is 7.11 Å². The van der Waals surface area contributed by atoms with Crippen molar-refractivity contribution in [1.82, 2.24) is 15.3 Å². The van der Waals surface area contributed by atoms with Gasteiger partial charge in [0, 0.05) is 12.1 Å². The van der Waals surface area contributed by atoms with E-state index < -0.39 is 0 Å². The van der Waals surface area contributed by atoms with Crippen LogP contribution in [0.4, 0.5) is 0 Å². The molecular weight excluding hydrogens is 218 g/mol. The Kier molecular flexibility index (Phi) is 2.95. The third-order valence-electron chi connectivity index (χ3n) is 3.15. The Morgan fingerprint density at radius 3 is 2.82 bits per heavy atom. The number of nitrogens with zero attached hydrogens (tertiary/aromatic N) is 1. The zero-order chi connectivity index (χ0) is 12.6. The molecule has 2 heterocycles. The topological polar surface area (TPSA) is 67.0 Å². The molecule has 0 radical (unpaired) electrons. The van der Waals surface area contributed by atoms with E-state index in [0.29, 0.717) is 6.42 Å². The van der Waals surface area contributed by atoms with Crippen LogP contribution in [0.1, 0.15) is 38.2 Å². The van der Waals surface area contributed by atoms with E-state index in [1.165, 1.54) is 7.11 Å². The summed E-state index contributed by atoms with van der Waals surface area (Å²) in [6.07, 6.45) is 2.29. The number of carbonyl (C=O) groups is 1.